The van der Waals surface area contributed by atoms with E-state index in [2.05, 4.69) is 78.4 Å². The first-order valence-corrected chi connectivity index (χ1v) is 12.4. The van der Waals surface area contributed by atoms with Crippen LogP contribution in [0, 0.1) is 0 Å². The van der Waals surface area contributed by atoms with Gasteiger partial charge in [-0.25, -0.2) is 0 Å². The Morgan fingerprint density at radius 3 is 2.00 bits per heavy atom. The highest BCUT2D eigenvalue weighted by molar-refractivity contribution is 5.88. The summed E-state index contributed by atoms with van der Waals surface area (Å²) in [6, 6.07) is 30.9. The lowest BCUT2D eigenvalue weighted by atomic mass is 9.79. The second-order valence-corrected chi connectivity index (χ2v) is 10.3. The van der Waals surface area contributed by atoms with E-state index in [-0.39, 0.29) is 11.6 Å². The molecule has 3 aromatic carbocycles. The molecule has 0 spiro atoms. The van der Waals surface area contributed by atoms with Crippen LogP contribution in [-0.2, 0) is 12.1 Å². The van der Waals surface area contributed by atoms with Gasteiger partial charge in [-0.2, -0.15) is 5.10 Å². The van der Waals surface area contributed by atoms with Crippen LogP contribution in [0.15, 0.2) is 96.1 Å². The Balaban J connectivity index is 1.41. The molecule has 0 saturated carbocycles. The zero-order chi connectivity index (χ0) is 23.6. The second kappa shape index (κ2) is 9.36. The predicted octanol–water partition coefficient (Wildman–Crippen LogP) is 5.43. The van der Waals surface area contributed by atoms with Crippen molar-refractivity contribution in [1.82, 2.24) is 9.91 Å². The number of hydrogen-bond donors (Lipinski definition) is 1. The Bertz CT molecular complexity index is 1070. The molecule has 2 aliphatic rings. The molecule has 1 fully saturated rings. The van der Waals surface area contributed by atoms with E-state index in [1.807, 2.05) is 36.4 Å². The Morgan fingerprint density at radius 1 is 0.853 bits per heavy atom. The number of hydrazone groups is 1. The number of benzene rings is 3. The van der Waals surface area contributed by atoms with E-state index in [1.165, 1.54) is 11.3 Å². The molecule has 4 heteroatoms. The molecule has 0 amide bonds. The zero-order valence-corrected chi connectivity index (χ0v) is 20.3. The maximum atomic E-state index is 12.4. The fraction of sp³-hybridized carbons (Fsp3) is 0.367. The molecule has 0 unspecified atom stereocenters. The van der Waals surface area contributed by atoms with Gasteiger partial charge >= 0.3 is 0 Å². The average Bonchev–Trinajstić information content (AvgIpc) is 3.44. The van der Waals surface area contributed by atoms with Crippen molar-refractivity contribution < 1.29 is 5.11 Å². The Morgan fingerprint density at radius 2 is 1.41 bits per heavy atom. The molecule has 0 radical (unpaired) electrons. The van der Waals surface area contributed by atoms with E-state index in [0.717, 1.165) is 50.0 Å². The molecule has 3 aromatic rings. The van der Waals surface area contributed by atoms with Gasteiger partial charge in [0.15, 0.2) is 0 Å². The summed E-state index contributed by atoms with van der Waals surface area (Å²) in [6.07, 6.45) is 2.99. The molecule has 1 N–H and O–H groups in total. The smallest absolute Gasteiger partial charge is 0.130 e. The van der Waals surface area contributed by atoms with Crippen molar-refractivity contribution in [3.8, 4) is 0 Å². The molecule has 2 heterocycles. The fourth-order valence-corrected chi connectivity index (χ4v) is 5.68. The van der Waals surface area contributed by atoms with E-state index >= 15 is 0 Å². The zero-order valence-electron chi connectivity index (χ0n) is 20.3. The van der Waals surface area contributed by atoms with E-state index in [9.17, 15) is 5.11 Å². The second-order valence-electron chi connectivity index (χ2n) is 10.3. The van der Waals surface area contributed by atoms with E-state index in [4.69, 9.17) is 5.10 Å². The quantitative estimate of drug-likeness (QED) is 0.519. The molecular weight excluding hydrogens is 418 g/mol. The van der Waals surface area contributed by atoms with E-state index in [0.29, 0.717) is 0 Å². The van der Waals surface area contributed by atoms with Gasteiger partial charge in [0.2, 0.25) is 0 Å². The highest BCUT2D eigenvalue weighted by Crippen LogP contribution is 2.40. The van der Waals surface area contributed by atoms with Crippen LogP contribution < -0.4 is 0 Å². The van der Waals surface area contributed by atoms with Crippen LogP contribution >= 0.6 is 0 Å². The van der Waals surface area contributed by atoms with Crippen LogP contribution in [0.5, 0.6) is 0 Å². The lowest BCUT2D eigenvalue weighted by molar-refractivity contribution is 0.00113. The van der Waals surface area contributed by atoms with Crippen molar-refractivity contribution in [2.24, 2.45) is 5.10 Å². The van der Waals surface area contributed by atoms with Gasteiger partial charge in [0.05, 0.1) is 17.8 Å². The molecule has 1 saturated heterocycles. The predicted molar refractivity (Wildman–Crippen MR) is 139 cm³/mol. The highest BCUT2D eigenvalue weighted by Gasteiger charge is 2.46. The third-order valence-corrected chi connectivity index (χ3v) is 7.43. The molecular formula is C30H35N3O. The van der Waals surface area contributed by atoms with Gasteiger partial charge in [0.1, 0.15) is 5.60 Å². The SMILES string of the molecule is CC1(C)CC(CN2CCC[C@H]2C(O)(c2ccccc2)c2ccccc2)=NN1Cc1ccccc1. The monoisotopic (exact) mass is 453 g/mol. The minimum Gasteiger partial charge on any atom is -0.379 e. The topological polar surface area (TPSA) is 39.1 Å². The maximum absolute atomic E-state index is 12.4. The van der Waals surface area contributed by atoms with Gasteiger partial charge in [-0.3, -0.25) is 9.91 Å². The van der Waals surface area contributed by atoms with Crippen LogP contribution in [0.2, 0.25) is 0 Å². The van der Waals surface area contributed by atoms with Gasteiger partial charge in [0, 0.05) is 19.0 Å². The van der Waals surface area contributed by atoms with Gasteiger partial charge in [-0.15, -0.1) is 0 Å². The minimum atomic E-state index is -1.06. The first-order chi connectivity index (χ1) is 16.5. The Hall–Kier alpha value is -2.95. The lowest BCUT2D eigenvalue weighted by Crippen LogP contribution is -2.49. The third kappa shape index (κ3) is 4.40. The first-order valence-electron chi connectivity index (χ1n) is 12.4. The summed E-state index contributed by atoms with van der Waals surface area (Å²) in [5.74, 6) is 0. The molecule has 0 aromatic heterocycles. The maximum Gasteiger partial charge on any atom is 0.130 e. The van der Waals surface area contributed by atoms with Gasteiger partial charge in [-0.1, -0.05) is 91.0 Å². The highest BCUT2D eigenvalue weighted by atomic mass is 16.3. The number of hydrogen-bond acceptors (Lipinski definition) is 4. The average molecular weight is 454 g/mol. The molecule has 0 bridgehead atoms. The normalized spacial score (nSPS) is 20.5. The van der Waals surface area contributed by atoms with E-state index < -0.39 is 5.60 Å². The molecule has 34 heavy (non-hydrogen) atoms. The van der Waals surface area contributed by atoms with Crippen molar-refractivity contribution in [3.05, 3.63) is 108 Å². The third-order valence-electron chi connectivity index (χ3n) is 7.43. The molecule has 0 aliphatic carbocycles. The largest absolute Gasteiger partial charge is 0.379 e. The molecule has 176 valence electrons. The summed E-state index contributed by atoms with van der Waals surface area (Å²) in [4.78, 5) is 2.46. The van der Waals surface area contributed by atoms with Crippen molar-refractivity contribution >= 4 is 5.71 Å². The fourth-order valence-electron chi connectivity index (χ4n) is 5.68. The van der Waals surface area contributed by atoms with Crippen LogP contribution in [-0.4, -0.2) is 45.4 Å². The van der Waals surface area contributed by atoms with Gasteiger partial charge in [-0.05, 0) is 49.9 Å². The van der Waals surface area contributed by atoms with Crippen LogP contribution in [0.3, 0.4) is 0 Å². The van der Waals surface area contributed by atoms with Gasteiger partial charge < -0.3 is 5.11 Å². The summed E-state index contributed by atoms with van der Waals surface area (Å²) in [5.41, 5.74) is 3.32. The number of rotatable bonds is 7. The van der Waals surface area contributed by atoms with Crippen molar-refractivity contribution in [2.75, 3.05) is 13.1 Å². The lowest BCUT2D eigenvalue weighted by Gasteiger charge is -2.40. The molecule has 5 rings (SSSR count). The van der Waals surface area contributed by atoms with Crippen molar-refractivity contribution in [1.29, 1.82) is 0 Å². The summed E-state index contributed by atoms with van der Waals surface area (Å²) in [6.45, 7) is 7.14. The van der Waals surface area contributed by atoms with Crippen molar-refractivity contribution in [2.45, 2.75) is 56.8 Å². The van der Waals surface area contributed by atoms with Crippen LogP contribution in [0.25, 0.3) is 0 Å². The van der Waals surface area contributed by atoms with E-state index in [1.54, 1.807) is 0 Å². The summed E-state index contributed by atoms with van der Waals surface area (Å²) >= 11 is 0. The van der Waals surface area contributed by atoms with Crippen molar-refractivity contribution in [3.63, 3.8) is 0 Å². The number of nitrogens with zero attached hydrogens (tertiary/aromatic N) is 3. The standard InChI is InChI=1S/C30H35N3O/c1-29(2)21-27(31-33(29)22-24-13-6-3-7-14-24)23-32-20-12-19-28(32)30(34,25-15-8-4-9-16-25)26-17-10-5-11-18-26/h3-11,13-18,28,34H,12,19-23H2,1-2H3/t28-/m0/s1. The van der Waals surface area contributed by atoms with Crippen LogP contribution in [0.4, 0.5) is 0 Å². The number of likely N-dealkylation sites (tertiary alicyclic amines) is 1. The molecule has 4 nitrogen and oxygen atoms in total. The summed E-state index contributed by atoms with van der Waals surface area (Å²) in [5, 5.41) is 19.7. The summed E-state index contributed by atoms with van der Waals surface area (Å²) in [7, 11) is 0. The Kier molecular flexibility index (Phi) is 6.28. The number of aliphatic hydroxyl groups is 1. The first kappa shape index (κ1) is 22.8. The Labute approximate surface area is 203 Å². The van der Waals surface area contributed by atoms with Crippen LogP contribution in [0.1, 0.15) is 49.8 Å². The van der Waals surface area contributed by atoms with Gasteiger partial charge in [0.25, 0.3) is 0 Å². The molecule has 2 aliphatic heterocycles. The minimum absolute atomic E-state index is 0.00582. The summed E-state index contributed by atoms with van der Waals surface area (Å²) < 4.78 is 0. The molecule has 1 atom stereocenters.